The third-order valence-electron chi connectivity index (χ3n) is 10.8. The monoisotopic (exact) mass is 685 g/mol. The van der Waals surface area contributed by atoms with Crippen LogP contribution in [0.25, 0.3) is 63.7 Å². The first kappa shape index (κ1) is 30.8. The lowest BCUT2D eigenvalue weighted by Gasteiger charge is -2.25. The van der Waals surface area contributed by atoms with Gasteiger partial charge in [-0.15, -0.1) is 11.3 Å². The van der Waals surface area contributed by atoms with Crippen LogP contribution in [0.3, 0.4) is 0 Å². The Morgan fingerprint density at radius 3 is 2.23 bits per heavy atom. The fourth-order valence-electron chi connectivity index (χ4n) is 8.10. The van der Waals surface area contributed by atoms with Crippen LogP contribution in [0.1, 0.15) is 42.5 Å². The van der Waals surface area contributed by atoms with Crippen molar-refractivity contribution in [2.24, 2.45) is 15.9 Å². The molecule has 0 N–H and O–H groups in total. The summed E-state index contributed by atoms with van der Waals surface area (Å²) in [6, 6.07) is 54.8. The molecule has 10 rings (SSSR count). The number of aromatic nitrogens is 1. The van der Waals surface area contributed by atoms with E-state index in [1.807, 2.05) is 23.6 Å². The van der Waals surface area contributed by atoms with Gasteiger partial charge < -0.3 is 0 Å². The molecule has 3 nitrogen and oxygen atoms in total. The molecule has 0 saturated heterocycles. The van der Waals surface area contributed by atoms with Crippen LogP contribution in [0.4, 0.5) is 0 Å². The molecule has 1 aliphatic heterocycles. The lowest BCUT2D eigenvalue weighted by atomic mass is 9.88. The van der Waals surface area contributed by atoms with Crippen molar-refractivity contribution >= 4 is 75.5 Å². The predicted molar refractivity (Wildman–Crippen MR) is 222 cm³/mol. The molecule has 4 heteroatoms. The summed E-state index contributed by atoms with van der Waals surface area (Å²) in [6.07, 6.45) is 3.79. The number of hydrogen-bond donors (Lipinski definition) is 0. The second kappa shape index (κ2) is 12.7. The first-order chi connectivity index (χ1) is 25.7. The SMILES string of the molecule is CC1CCC(c2ccc3c(c2)sc2ccccc23)=NC(c2cccc(-c3cccc4ccc5ccc6cccnc6c5c34)c2)=NC1c1ccccc1. The summed E-state index contributed by atoms with van der Waals surface area (Å²) < 4.78 is 2.61. The van der Waals surface area contributed by atoms with E-state index in [1.165, 1.54) is 58.4 Å². The van der Waals surface area contributed by atoms with Crippen LogP contribution in [0.2, 0.25) is 0 Å². The molecule has 7 aromatic carbocycles. The number of nitrogens with zero attached hydrogens (tertiary/aromatic N) is 3. The number of pyridine rings is 1. The van der Waals surface area contributed by atoms with Gasteiger partial charge >= 0.3 is 0 Å². The van der Waals surface area contributed by atoms with E-state index in [4.69, 9.17) is 15.0 Å². The maximum Gasteiger partial charge on any atom is 0.155 e. The van der Waals surface area contributed by atoms with Crippen molar-refractivity contribution in [2.45, 2.75) is 25.8 Å². The minimum Gasteiger partial charge on any atom is -0.258 e. The molecular formula is C48H35N3S. The Hall–Kier alpha value is -5.97. The first-order valence-electron chi connectivity index (χ1n) is 18.1. The molecule has 3 heterocycles. The minimum absolute atomic E-state index is 0.00849. The van der Waals surface area contributed by atoms with Crippen molar-refractivity contribution in [1.82, 2.24) is 4.98 Å². The van der Waals surface area contributed by atoms with Crippen molar-refractivity contribution in [1.29, 1.82) is 0 Å². The Morgan fingerprint density at radius 2 is 1.33 bits per heavy atom. The van der Waals surface area contributed by atoms with E-state index in [2.05, 4.69) is 153 Å². The molecule has 0 radical (unpaired) electrons. The average molecular weight is 686 g/mol. The molecule has 2 atom stereocenters. The predicted octanol–water partition coefficient (Wildman–Crippen LogP) is 13.0. The second-order valence-electron chi connectivity index (χ2n) is 14.0. The Balaban J connectivity index is 1.16. The summed E-state index contributed by atoms with van der Waals surface area (Å²) >= 11 is 1.86. The standard InChI is InChI=1S/C48H35N3S/c1-30-19-26-41(36-24-25-40-39-16-5-6-18-42(39)52-43(40)29-36)50-48(51-46(30)33-10-3-2-4-11-33)37-14-7-13-35(28-37)38-17-8-12-31-20-21-32-22-23-34-15-9-27-49-47(34)45(32)44(31)38/h2-18,20-25,27-30,46H,19,26H2,1H3. The van der Waals surface area contributed by atoms with E-state index >= 15 is 0 Å². The van der Waals surface area contributed by atoms with Gasteiger partial charge in [0.1, 0.15) is 0 Å². The summed E-state index contributed by atoms with van der Waals surface area (Å²) in [6.45, 7) is 2.34. The van der Waals surface area contributed by atoms with Gasteiger partial charge in [-0.3, -0.25) is 9.98 Å². The van der Waals surface area contributed by atoms with Crippen LogP contribution in [0, 0.1) is 5.92 Å². The largest absolute Gasteiger partial charge is 0.258 e. The maximum absolute atomic E-state index is 5.54. The molecule has 0 saturated carbocycles. The van der Waals surface area contributed by atoms with E-state index in [0.29, 0.717) is 5.92 Å². The van der Waals surface area contributed by atoms with Gasteiger partial charge in [-0.25, -0.2) is 4.99 Å². The Labute approximate surface area is 306 Å². The fourth-order valence-corrected chi connectivity index (χ4v) is 9.24. The zero-order valence-electron chi connectivity index (χ0n) is 28.8. The Kier molecular flexibility index (Phi) is 7.51. The smallest absolute Gasteiger partial charge is 0.155 e. The minimum atomic E-state index is 0.00849. The second-order valence-corrected chi connectivity index (χ2v) is 15.1. The van der Waals surface area contributed by atoms with Gasteiger partial charge in [-0.05, 0) is 81.4 Å². The normalized spacial score (nSPS) is 16.6. The Bertz CT molecular complexity index is 2880. The third kappa shape index (κ3) is 5.30. The van der Waals surface area contributed by atoms with Crippen LogP contribution in [-0.2, 0) is 0 Å². The molecule has 2 unspecified atom stereocenters. The first-order valence-corrected chi connectivity index (χ1v) is 18.9. The van der Waals surface area contributed by atoms with E-state index < -0.39 is 0 Å². The van der Waals surface area contributed by atoms with E-state index in [-0.39, 0.29) is 6.04 Å². The van der Waals surface area contributed by atoms with E-state index in [1.54, 1.807) is 0 Å². The summed E-state index contributed by atoms with van der Waals surface area (Å²) in [5.41, 5.74) is 7.87. The summed E-state index contributed by atoms with van der Waals surface area (Å²) in [4.78, 5) is 15.9. The lowest BCUT2D eigenvalue weighted by Crippen LogP contribution is -2.18. The van der Waals surface area contributed by atoms with Crippen molar-refractivity contribution < 1.29 is 0 Å². The molecule has 0 spiro atoms. The van der Waals surface area contributed by atoms with Crippen LogP contribution < -0.4 is 0 Å². The van der Waals surface area contributed by atoms with Gasteiger partial charge in [0.05, 0.1) is 17.3 Å². The summed E-state index contributed by atoms with van der Waals surface area (Å²) in [5.74, 6) is 1.12. The zero-order valence-corrected chi connectivity index (χ0v) is 29.6. The fraction of sp³-hybridized carbons (Fsp3) is 0.104. The van der Waals surface area contributed by atoms with Gasteiger partial charge in [0.25, 0.3) is 0 Å². The van der Waals surface area contributed by atoms with Gasteiger partial charge in [0.15, 0.2) is 5.84 Å². The van der Waals surface area contributed by atoms with Crippen LogP contribution >= 0.6 is 11.3 Å². The van der Waals surface area contributed by atoms with Gasteiger partial charge in [0, 0.05) is 42.7 Å². The lowest BCUT2D eigenvalue weighted by molar-refractivity contribution is 0.446. The molecule has 0 bridgehead atoms. The number of rotatable bonds is 4. The third-order valence-corrected chi connectivity index (χ3v) is 11.9. The molecular weight excluding hydrogens is 651 g/mol. The molecule has 248 valence electrons. The quantitative estimate of drug-likeness (QED) is 0.170. The topological polar surface area (TPSA) is 37.6 Å². The van der Waals surface area contributed by atoms with Gasteiger partial charge in [0.2, 0.25) is 0 Å². The van der Waals surface area contributed by atoms with Crippen LogP contribution in [0.5, 0.6) is 0 Å². The highest BCUT2D eigenvalue weighted by Gasteiger charge is 2.24. The number of benzene rings is 7. The van der Waals surface area contributed by atoms with Crippen molar-refractivity contribution in [3.8, 4) is 11.1 Å². The van der Waals surface area contributed by atoms with Gasteiger partial charge in [-0.1, -0.05) is 134 Å². The number of hydrogen-bond acceptors (Lipinski definition) is 4. The molecule has 0 fully saturated rings. The van der Waals surface area contributed by atoms with Crippen molar-refractivity contribution in [3.63, 3.8) is 0 Å². The maximum atomic E-state index is 5.54. The average Bonchev–Trinajstić information content (AvgIpc) is 3.57. The van der Waals surface area contributed by atoms with Crippen molar-refractivity contribution in [3.05, 3.63) is 175 Å². The summed E-state index contributed by atoms with van der Waals surface area (Å²) in [5, 5.41) is 8.57. The zero-order chi connectivity index (χ0) is 34.6. The number of fused-ring (bicyclic) bond motifs is 8. The number of aliphatic imine (C=N–C) groups is 2. The number of thiophene rings is 1. The highest BCUT2D eigenvalue weighted by molar-refractivity contribution is 7.25. The molecule has 52 heavy (non-hydrogen) atoms. The highest BCUT2D eigenvalue weighted by atomic mass is 32.1. The van der Waals surface area contributed by atoms with Crippen molar-refractivity contribution in [2.75, 3.05) is 0 Å². The van der Waals surface area contributed by atoms with Crippen LogP contribution in [-0.4, -0.2) is 16.5 Å². The molecule has 1 aliphatic rings. The Morgan fingerprint density at radius 1 is 0.577 bits per heavy atom. The van der Waals surface area contributed by atoms with E-state index in [9.17, 15) is 0 Å². The van der Waals surface area contributed by atoms with E-state index in [0.717, 1.165) is 46.4 Å². The van der Waals surface area contributed by atoms with Gasteiger partial charge in [-0.2, -0.15) is 0 Å². The summed E-state index contributed by atoms with van der Waals surface area (Å²) in [7, 11) is 0. The highest BCUT2D eigenvalue weighted by Crippen LogP contribution is 2.39. The molecule has 2 aromatic heterocycles. The number of amidine groups is 1. The van der Waals surface area contributed by atoms with Crippen LogP contribution in [0.15, 0.2) is 168 Å². The molecule has 0 amide bonds. The molecule has 0 aliphatic carbocycles. The molecule has 9 aromatic rings.